The summed E-state index contributed by atoms with van der Waals surface area (Å²) in [6.45, 7) is 18.2. The molecule has 5 aliphatic rings. The van der Waals surface area contributed by atoms with E-state index in [1.54, 1.807) is 0 Å². The van der Waals surface area contributed by atoms with E-state index in [0.717, 1.165) is 31.3 Å². The maximum Gasteiger partial charge on any atom is 0.335 e. The van der Waals surface area contributed by atoms with Gasteiger partial charge in [0, 0.05) is 24.8 Å². The average Bonchev–Trinajstić information content (AvgIpc) is 3.24. The lowest BCUT2D eigenvalue weighted by Crippen LogP contribution is -2.67. The summed E-state index contributed by atoms with van der Waals surface area (Å²) in [7, 11) is 0. The zero-order valence-corrected chi connectivity index (χ0v) is 28.4. The molecule has 11 atom stereocenters. The van der Waals surface area contributed by atoms with Crippen LogP contribution >= 0.6 is 0 Å². The lowest BCUT2D eigenvalue weighted by molar-refractivity contribution is -0.232. The first-order valence-electron chi connectivity index (χ1n) is 17.0. The molecule has 8 nitrogen and oxygen atoms in total. The van der Waals surface area contributed by atoms with Crippen LogP contribution in [0.4, 0.5) is 0 Å². The molecule has 0 amide bonds. The number of carbonyl (C=O) groups excluding carboxylic acids is 4. The molecule has 0 radical (unpaired) electrons. The molecule has 3 saturated carbocycles. The highest BCUT2D eigenvalue weighted by molar-refractivity contribution is 5.95. The van der Waals surface area contributed by atoms with E-state index in [0.29, 0.717) is 30.8 Å². The molecule has 0 spiro atoms. The minimum atomic E-state index is -0.816. The third kappa shape index (κ3) is 5.01. The third-order valence-electron chi connectivity index (χ3n) is 13.4. The Kier molecular flexibility index (Phi) is 8.59. The van der Waals surface area contributed by atoms with Crippen LogP contribution in [-0.2, 0) is 38.1 Å². The van der Waals surface area contributed by atoms with Gasteiger partial charge in [-0.1, -0.05) is 54.4 Å². The van der Waals surface area contributed by atoms with E-state index in [4.69, 9.17) is 18.9 Å². The smallest absolute Gasteiger partial charge is 0.335 e. The molecule has 5 rings (SSSR count). The molecule has 1 heterocycles. The molecule has 2 unspecified atom stereocenters. The van der Waals surface area contributed by atoms with E-state index in [1.165, 1.54) is 26.7 Å². The minimum absolute atomic E-state index is 0.0358. The molecule has 0 bridgehead atoms. The molecule has 0 saturated heterocycles. The van der Waals surface area contributed by atoms with Crippen LogP contribution in [0.15, 0.2) is 11.1 Å². The summed E-state index contributed by atoms with van der Waals surface area (Å²) in [4.78, 5) is 51.5. The molecule has 1 aliphatic heterocycles. The van der Waals surface area contributed by atoms with Crippen LogP contribution in [0.3, 0.4) is 0 Å². The van der Waals surface area contributed by atoms with Crippen LogP contribution in [0, 0.1) is 39.4 Å². The molecule has 0 aromatic heterocycles. The van der Waals surface area contributed by atoms with E-state index >= 15 is 0 Å². The summed E-state index contributed by atoms with van der Waals surface area (Å²) in [6, 6.07) is 0. The second-order valence-electron chi connectivity index (χ2n) is 15.6. The second-order valence-corrected chi connectivity index (χ2v) is 15.6. The number of cyclic esters (lactones) is 1. The topological polar surface area (TPSA) is 105 Å². The first kappa shape index (κ1) is 33.0. The van der Waals surface area contributed by atoms with E-state index < -0.39 is 47.7 Å². The summed E-state index contributed by atoms with van der Waals surface area (Å²) in [5, 5.41) is 0. The number of esters is 4. The van der Waals surface area contributed by atoms with E-state index in [1.807, 2.05) is 13.8 Å². The molecular formula is C36H54O8. The van der Waals surface area contributed by atoms with Crippen molar-refractivity contribution in [1.82, 2.24) is 0 Å². The Labute approximate surface area is 263 Å². The van der Waals surface area contributed by atoms with Crippen molar-refractivity contribution < 1.29 is 38.1 Å². The van der Waals surface area contributed by atoms with Gasteiger partial charge in [0.05, 0.1) is 12.0 Å². The Balaban J connectivity index is 1.63. The van der Waals surface area contributed by atoms with Crippen molar-refractivity contribution in [2.24, 2.45) is 39.4 Å². The molecule has 0 N–H and O–H groups in total. The number of fused-ring (bicyclic) bond motifs is 6. The first-order valence-corrected chi connectivity index (χ1v) is 17.0. The molecule has 3 fully saturated rings. The summed E-state index contributed by atoms with van der Waals surface area (Å²) >= 11 is 0. The maximum atomic E-state index is 13.7. The van der Waals surface area contributed by atoms with Crippen LogP contribution in [0.5, 0.6) is 0 Å². The predicted octanol–water partition coefficient (Wildman–Crippen LogP) is 6.87. The van der Waals surface area contributed by atoms with Crippen LogP contribution in [0.1, 0.15) is 127 Å². The van der Waals surface area contributed by atoms with Crippen molar-refractivity contribution in [3.05, 3.63) is 11.1 Å². The number of hydrogen-bond donors (Lipinski definition) is 0. The van der Waals surface area contributed by atoms with Gasteiger partial charge in [-0.3, -0.25) is 14.4 Å². The molecule has 4 aliphatic carbocycles. The second kappa shape index (κ2) is 11.5. The zero-order valence-electron chi connectivity index (χ0n) is 28.4. The first-order chi connectivity index (χ1) is 20.5. The largest absolute Gasteiger partial charge is 0.462 e. The number of rotatable bonds is 7. The van der Waals surface area contributed by atoms with Gasteiger partial charge in [0.1, 0.15) is 24.4 Å². The SMILES string of the molecule is CCC(CC(=O)O[C@@H]1CC2[C@@](C)(CC[C@H]3[C@@](C)(CC)CCC[C@]23C)[C@@H]2C[C@@H](OC(C)=O)C3=C(C(=O)O[C@H]3C)[C@]21C)OC(C)=O. The highest BCUT2D eigenvalue weighted by Gasteiger charge is 2.71. The standard InChI is InChI=1S/C36H54O8/c1-10-23(42-21(4)37)17-29(39)44-28-19-26-34(7)15-12-14-33(6,11-2)25(34)13-16-35(26,8)27-18-24(43-22(5)38)30-20(3)41-32(40)31(30)36(27,28)9/h20,23-28H,10-19H2,1-9H3/t20-,23?,24+,25-,26?,27-,28+,33-,34-,35+,36+/m0/s1. The fourth-order valence-corrected chi connectivity index (χ4v) is 11.4. The van der Waals surface area contributed by atoms with Crippen molar-refractivity contribution in [3.8, 4) is 0 Å². The van der Waals surface area contributed by atoms with Gasteiger partial charge in [-0.15, -0.1) is 0 Å². The lowest BCUT2D eigenvalue weighted by Gasteiger charge is -2.70. The van der Waals surface area contributed by atoms with Gasteiger partial charge < -0.3 is 18.9 Å². The average molecular weight is 615 g/mol. The minimum Gasteiger partial charge on any atom is -0.462 e. The van der Waals surface area contributed by atoms with Gasteiger partial charge >= 0.3 is 23.9 Å². The predicted molar refractivity (Wildman–Crippen MR) is 164 cm³/mol. The highest BCUT2D eigenvalue weighted by Crippen LogP contribution is 2.74. The normalized spacial score (nSPS) is 43.4. The van der Waals surface area contributed by atoms with Crippen LogP contribution < -0.4 is 0 Å². The van der Waals surface area contributed by atoms with Crippen molar-refractivity contribution in [2.75, 3.05) is 0 Å². The summed E-state index contributed by atoms with van der Waals surface area (Å²) in [5.74, 6) is -0.895. The molecule has 246 valence electrons. The Morgan fingerprint density at radius 2 is 1.59 bits per heavy atom. The molecule has 44 heavy (non-hydrogen) atoms. The van der Waals surface area contributed by atoms with Crippen LogP contribution in [0.25, 0.3) is 0 Å². The van der Waals surface area contributed by atoms with Gasteiger partial charge in [-0.2, -0.15) is 0 Å². The molecule has 0 aromatic rings. The molecule has 0 aromatic carbocycles. The molecule has 8 heteroatoms. The summed E-state index contributed by atoms with van der Waals surface area (Å²) in [6.07, 6.45) is 6.27. The number of carbonyl (C=O) groups is 4. The van der Waals surface area contributed by atoms with Crippen molar-refractivity contribution >= 4 is 23.9 Å². The number of hydrogen-bond acceptors (Lipinski definition) is 8. The van der Waals surface area contributed by atoms with Gasteiger partial charge in [-0.25, -0.2) is 4.79 Å². The molecular weight excluding hydrogens is 560 g/mol. The highest BCUT2D eigenvalue weighted by atomic mass is 16.6. The Morgan fingerprint density at radius 3 is 2.20 bits per heavy atom. The van der Waals surface area contributed by atoms with Gasteiger partial charge in [0.25, 0.3) is 0 Å². The lowest BCUT2D eigenvalue weighted by atomic mass is 9.34. The Morgan fingerprint density at radius 1 is 0.909 bits per heavy atom. The van der Waals surface area contributed by atoms with Crippen molar-refractivity contribution in [2.45, 2.75) is 151 Å². The van der Waals surface area contributed by atoms with Crippen LogP contribution in [-0.4, -0.2) is 48.3 Å². The van der Waals surface area contributed by atoms with Crippen molar-refractivity contribution in [3.63, 3.8) is 0 Å². The third-order valence-corrected chi connectivity index (χ3v) is 13.4. The van der Waals surface area contributed by atoms with Gasteiger partial charge in [0.15, 0.2) is 0 Å². The zero-order chi connectivity index (χ0) is 32.4. The van der Waals surface area contributed by atoms with Gasteiger partial charge in [0.2, 0.25) is 0 Å². The monoisotopic (exact) mass is 614 g/mol. The van der Waals surface area contributed by atoms with Gasteiger partial charge in [-0.05, 0) is 85.9 Å². The van der Waals surface area contributed by atoms with E-state index in [2.05, 4.69) is 34.6 Å². The fourth-order valence-electron chi connectivity index (χ4n) is 11.4. The fraction of sp³-hybridized carbons (Fsp3) is 0.833. The van der Waals surface area contributed by atoms with E-state index in [9.17, 15) is 19.2 Å². The Hall–Kier alpha value is -2.38. The quantitative estimate of drug-likeness (QED) is 0.226. The van der Waals surface area contributed by atoms with Crippen LogP contribution in [0.2, 0.25) is 0 Å². The summed E-state index contributed by atoms with van der Waals surface area (Å²) in [5.41, 5.74) is 0.569. The maximum absolute atomic E-state index is 13.7. The van der Waals surface area contributed by atoms with E-state index in [-0.39, 0.29) is 40.5 Å². The van der Waals surface area contributed by atoms with Crippen molar-refractivity contribution in [1.29, 1.82) is 0 Å². The Bertz CT molecular complexity index is 1240. The summed E-state index contributed by atoms with van der Waals surface area (Å²) < 4.78 is 23.7. The number of ether oxygens (including phenoxy) is 4.